The molecule has 0 unspecified atom stereocenters. The Balaban J connectivity index is 1.30. The molecule has 0 amide bonds. The van der Waals surface area contributed by atoms with Crippen molar-refractivity contribution in [3.8, 4) is 23.0 Å². The maximum Gasteiger partial charge on any atom is 0.524 e. The van der Waals surface area contributed by atoms with Crippen LogP contribution in [0.3, 0.4) is 0 Å². The Hall–Kier alpha value is -6.72. The number of benzene rings is 4. The highest BCUT2D eigenvalue weighted by Crippen LogP contribution is 2.44. The maximum atomic E-state index is 11.7. The van der Waals surface area contributed by atoms with Gasteiger partial charge in [0.25, 0.3) is 0 Å². The number of rotatable bonds is 12. The van der Waals surface area contributed by atoms with Gasteiger partial charge in [-0.05, 0) is 119 Å². The number of nitrogens with zero attached hydrogens (tertiary/aromatic N) is 4. The van der Waals surface area contributed by atoms with Crippen LogP contribution in [0.15, 0.2) is 188 Å². The van der Waals surface area contributed by atoms with Gasteiger partial charge in [0.15, 0.2) is 0 Å². The molecule has 8 bridgehead atoms. The zero-order chi connectivity index (χ0) is 48.2. The molecule has 68 heavy (non-hydrogen) atoms. The SMILES string of the molecule is O=P(O)(O)Oc1ccc(C2=C3C=CC(=N3)C(c3ccc(OP(=O)(O)O)cc3)=C3C=CC(=N3)C(c3ccc(OP(=O)(O)O)cc3)=C3C=CC(=N3)C(c3ccc(OP(=O)(O)O)cc3)=C3C=CC2=N3)cc1. The van der Waals surface area contributed by atoms with E-state index in [1.165, 1.54) is 48.5 Å². The molecule has 0 saturated heterocycles. The van der Waals surface area contributed by atoms with Gasteiger partial charge in [0.1, 0.15) is 23.0 Å². The third kappa shape index (κ3) is 10.7. The summed E-state index contributed by atoms with van der Waals surface area (Å²) < 4.78 is 65.9. The number of phosphoric acid groups is 4. The van der Waals surface area contributed by atoms with Crippen molar-refractivity contribution in [3.05, 3.63) is 191 Å². The molecule has 0 fully saturated rings. The van der Waals surface area contributed by atoms with Crippen molar-refractivity contribution in [1.29, 1.82) is 0 Å². The first-order chi connectivity index (χ1) is 32.1. The quantitative estimate of drug-likeness (QED) is 0.0634. The fourth-order valence-electron chi connectivity index (χ4n) is 7.55. The van der Waals surface area contributed by atoms with E-state index in [0.29, 0.717) is 90.2 Å². The highest BCUT2D eigenvalue weighted by Gasteiger charge is 2.29. The topological polar surface area (TPSA) is 316 Å². The van der Waals surface area contributed by atoms with E-state index in [-0.39, 0.29) is 23.0 Å². The molecule has 4 aromatic rings. The third-order valence-electron chi connectivity index (χ3n) is 10.1. The fourth-order valence-corrected chi connectivity index (χ4v) is 9.13. The van der Waals surface area contributed by atoms with Crippen molar-refractivity contribution < 1.29 is 75.5 Å². The molecule has 4 aromatic carbocycles. The Bertz CT molecular complexity index is 2940. The number of hydrogen-bond acceptors (Lipinski definition) is 12. The van der Waals surface area contributed by atoms with E-state index in [2.05, 4.69) is 0 Å². The van der Waals surface area contributed by atoms with Crippen molar-refractivity contribution in [2.75, 3.05) is 0 Å². The zero-order valence-corrected chi connectivity index (χ0v) is 37.9. The predicted molar refractivity (Wildman–Crippen MR) is 250 cm³/mol. The van der Waals surface area contributed by atoms with Gasteiger partial charge < -0.3 is 18.1 Å². The normalized spacial score (nSPS) is 16.9. The van der Waals surface area contributed by atoms with Crippen molar-refractivity contribution >= 4 is 76.4 Å². The molecular formula is C44H32N4O16P4. The number of phosphoric ester groups is 4. The van der Waals surface area contributed by atoms with Gasteiger partial charge in [-0.3, -0.25) is 39.1 Å². The largest absolute Gasteiger partial charge is 0.524 e. The maximum absolute atomic E-state index is 11.7. The lowest BCUT2D eigenvalue weighted by molar-refractivity contribution is 0.281. The molecule has 24 heteroatoms. The molecule has 0 aliphatic carbocycles. The molecule has 0 spiro atoms. The van der Waals surface area contributed by atoms with Gasteiger partial charge in [0, 0.05) is 22.3 Å². The molecule has 5 aliphatic heterocycles. The van der Waals surface area contributed by atoms with Gasteiger partial charge in [0.2, 0.25) is 0 Å². The van der Waals surface area contributed by atoms with Crippen molar-refractivity contribution in [1.82, 2.24) is 0 Å². The Morgan fingerprint density at radius 1 is 0.279 bits per heavy atom. The molecule has 0 aromatic heterocycles. The second kappa shape index (κ2) is 17.7. The van der Waals surface area contributed by atoms with Crippen LogP contribution in [0.4, 0.5) is 0 Å². The molecule has 5 heterocycles. The monoisotopic (exact) mass is 996 g/mol. The molecular weight excluding hydrogens is 964 g/mol. The Labute approximate surface area is 384 Å². The van der Waals surface area contributed by atoms with Gasteiger partial charge in [0.05, 0.1) is 45.6 Å². The van der Waals surface area contributed by atoms with Crippen molar-refractivity contribution in [3.63, 3.8) is 0 Å². The minimum atomic E-state index is -4.90. The van der Waals surface area contributed by atoms with Crippen LogP contribution >= 0.6 is 31.3 Å². The Kier molecular flexibility index (Phi) is 12.1. The van der Waals surface area contributed by atoms with Crippen LogP contribution in [-0.2, 0) is 18.3 Å². The Morgan fingerprint density at radius 2 is 0.456 bits per heavy atom. The van der Waals surface area contributed by atoms with Gasteiger partial charge >= 0.3 is 31.3 Å². The predicted octanol–water partition coefficient (Wildman–Crippen LogP) is 7.57. The lowest BCUT2D eigenvalue weighted by atomic mass is 9.98. The molecule has 9 rings (SSSR count). The highest BCUT2D eigenvalue weighted by atomic mass is 31.2. The standard InChI is InChI=1S/C44H32N4O16P4/c49-65(50,51)61-29-9-1-25(2-10-29)41-33-17-19-35(45-33)42(26-3-11-30(12-4-26)62-66(52,53)54)37-21-23-39(47-37)44(28-7-15-32(16-8-28)64-68(58,59)60)40-24-22-38(48-40)43(36-20-18-34(41)46-36)27-5-13-31(14-6-27)63-67(55,56)57/h1-24H,(H2,49,50,51)(H2,52,53,54)(H2,55,56,57)(H2,58,59,60). The minimum Gasteiger partial charge on any atom is -0.404 e. The van der Waals surface area contributed by atoms with E-state index < -0.39 is 31.3 Å². The summed E-state index contributed by atoms with van der Waals surface area (Å²) in [6, 6.07) is 23.6. The lowest BCUT2D eigenvalue weighted by Crippen LogP contribution is -2.04. The van der Waals surface area contributed by atoms with E-state index in [4.69, 9.17) is 38.1 Å². The van der Waals surface area contributed by atoms with Gasteiger partial charge in [-0.2, -0.15) is 0 Å². The first kappa shape index (κ1) is 46.4. The number of hydrogen-bond donors (Lipinski definition) is 8. The first-order valence-corrected chi connectivity index (χ1v) is 25.7. The molecule has 5 aliphatic rings. The molecule has 20 nitrogen and oxygen atoms in total. The third-order valence-corrected chi connectivity index (χ3v) is 11.9. The average molecular weight is 997 g/mol. The summed E-state index contributed by atoms with van der Waals surface area (Å²) in [6.45, 7) is 0. The number of fused-ring (bicyclic) bond motifs is 4. The van der Waals surface area contributed by atoms with Crippen LogP contribution in [0.5, 0.6) is 23.0 Å². The second-order valence-electron chi connectivity index (χ2n) is 14.8. The molecule has 8 N–H and O–H groups in total. The summed E-state index contributed by atoms with van der Waals surface area (Å²) in [5, 5.41) is 0. The van der Waals surface area contributed by atoms with Crippen LogP contribution < -0.4 is 18.1 Å². The highest BCUT2D eigenvalue weighted by molar-refractivity contribution is 7.47. The summed E-state index contributed by atoms with van der Waals surface area (Å²) in [5.74, 6) is -0.428. The van der Waals surface area contributed by atoms with E-state index in [9.17, 15) is 57.4 Å². The summed E-state index contributed by atoms with van der Waals surface area (Å²) in [6.07, 6.45) is 13.9. The van der Waals surface area contributed by atoms with Gasteiger partial charge in [-0.1, -0.05) is 48.5 Å². The average Bonchev–Trinajstić information content (AvgIpc) is 4.09. The molecule has 0 saturated carbocycles. The van der Waals surface area contributed by atoms with Gasteiger partial charge in [-0.25, -0.2) is 38.2 Å². The van der Waals surface area contributed by atoms with Crippen molar-refractivity contribution in [2.24, 2.45) is 20.0 Å². The summed E-state index contributed by atoms with van der Waals surface area (Å²) in [4.78, 5) is 96.0. The second-order valence-corrected chi connectivity index (χ2v) is 19.4. The molecule has 0 atom stereocenters. The van der Waals surface area contributed by atoms with Crippen LogP contribution in [-0.4, -0.2) is 62.0 Å². The molecule has 0 radical (unpaired) electrons. The lowest BCUT2D eigenvalue weighted by Gasteiger charge is -2.14. The van der Waals surface area contributed by atoms with E-state index in [1.807, 2.05) is 0 Å². The Morgan fingerprint density at radius 3 is 0.618 bits per heavy atom. The smallest absolute Gasteiger partial charge is 0.404 e. The minimum absolute atomic E-state index is 0.107. The van der Waals surface area contributed by atoms with E-state index in [1.54, 1.807) is 97.1 Å². The number of aliphatic imine (C=N–C) groups is 4. The number of allylic oxidation sites excluding steroid dienone is 12. The van der Waals surface area contributed by atoms with E-state index >= 15 is 0 Å². The van der Waals surface area contributed by atoms with Gasteiger partial charge in [-0.15, -0.1) is 0 Å². The summed E-state index contributed by atoms with van der Waals surface area (Å²) in [5.41, 5.74) is 7.09. The fraction of sp³-hybridized carbons (Fsp3) is 0. The molecule has 344 valence electrons. The van der Waals surface area contributed by atoms with E-state index in [0.717, 1.165) is 0 Å². The first-order valence-electron chi connectivity index (χ1n) is 19.6. The summed E-state index contributed by atoms with van der Waals surface area (Å²) >= 11 is 0. The van der Waals surface area contributed by atoms with Crippen LogP contribution in [0.1, 0.15) is 22.3 Å². The van der Waals surface area contributed by atoms with Crippen LogP contribution in [0.2, 0.25) is 0 Å². The van der Waals surface area contributed by atoms with Crippen LogP contribution in [0, 0.1) is 0 Å². The zero-order valence-electron chi connectivity index (χ0n) is 34.3. The van der Waals surface area contributed by atoms with Crippen molar-refractivity contribution in [2.45, 2.75) is 0 Å². The summed E-state index contributed by atoms with van der Waals surface area (Å²) in [7, 11) is -19.6. The van der Waals surface area contributed by atoms with Crippen LogP contribution in [0.25, 0.3) is 22.3 Å².